The summed E-state index contributed by atoms with van der Waals surface area (Å²) >= 11 is 0. The minimum Gasteiger partial charge on any atom is -0.466 e. The number of rotatable bonds is 9. The number of ether oxygens (including phenoxy) is 1. The van der Waals surface area contributed by atoms with Crippen molar-refractivity contribution in [3.05, 3.63) is 30.0 Å². The van der Waals surface area contributed by atoms with Crippen molar-refractivity contribution in [2.45, 2.75) is 58.4 Å². The van der Waals surface area contributed by atoms with Crippen molar-refractivity contribution in [3.8, 4) is 0 Å². The fourth-order valence-electron chi connectivity index (χ4n) is 2.72. The number of hydrogen-bond donors (Lipinski definition) is 1. The van der Waals surface area contributed by atoms with Crippen molar-refractivity contribution in [3.63, 3.8) is 0 Å². The van der Waals surface area contributed by atoms with Crippen LogP contribution in [0, 0.1) is 0 Å². The van der Waals surface area contributed by atoms with Gasteiger partial charge in [0.15, 0.2) is 0 Å². The number of aromatic nitrogens is 2. The summed E-state index contributed by atoms with van der Waals surface area (Å²) in [5.74, 6) is -0.166. The Morgan fingerprint density at radius 2 is 2.17 bits per heavy atom. The van der Waals surface area contributed by atoms with Gasteiger partial charge in [0.1, 0.15) is 0 Å². The predicted molar refractivity (Wildman–Crippen MR) is 87.3 cm³/mol. The Labute approximate surface area is 137 Å². The molecular formula is C17H27N3O3. The molecule has 0 unspecified atom stereocenters. The number of nitrogens with zero attached hydrogens (tertiary/aromatic N) is 2. The SMILES string of the molecule is CCOC(=O)CCCONC(Cn1ccnc1)=C1CCCCC1. The minimum absolute atomic E-state index is 0.166. The quantitative estimate of drug-likeness (QED) is 0.430. The van der Waals surface area contributed by atoms with Crippen LogP contribution in [-0.2, 0) is 20.9 Å². The summed E-state index contributed by atoms with van der Waals surface area (Å²) in [6, 6.07) is 0. The zero-order valence-corrected chi connectivity index (χ0v) is 13.9. The molecule has 0 aromatic carbocycles. The van der Waals surface area contributed by atoms with Gasteiger partial charge in [-0.25, -0.2) is 4.98 Å². The van der Waals surface area contributed by atoms with E-state index < -0.39 is 0 Å². The molecule has 0 saturated heterocycles. The van der Waals surface area contributed by atoms with E-state index in [0.717, 1.165) is 25.1 Å². The molecule has 0 amide bonds. The van der Waals surface area contributed by atoms with E-state index >= 15 is 0 Å². The average molecular weight is 321 g/mol. The van der Waals surface area contributed by atoms with Gasteiger partial charge in [-0.3, -0.25) is 15.1 Å². The number of esters is 1. The Hall–Kier alpha value is -1.82. The molecule has 1 aromatic rings. The molecule has 23 heavy (non-hydrogen) atoms. The molecule has 1 N–H and O–H groups in total. The standard InChI is InChI=1S/C17H27N3O3/c1-2-22-17(21)9-6-12-23-19-16(13-20-11-10-18-14-20)15-7-4-3-5-8-15/h10-11,14,19H,2-9,12-13H2,1H3. The summed E-state index contributed by atoms with van der Waals surface area (Å²) in [6.07, 6.45) is 12.6. The molecule has 2 rings (SSSR count). The summed E-state index contributed by atoms with van der Waals surface area (Å²) in [4.78, 5) is 20.9. The zero-order valence-electron chi connectivity index (χ0n) is 13.9. The number of hydrogen-bond acceptors (Lipinski definition) is 5. The monoisotopic (exact) mass is 321 g/mol. The Balaban J connectivity index is 1.79. The highest BCUT2D eigenvalue weighted by atomic mass is 16.6. The van der Waals surface area contributed by atoms with Crippen molar-refractivity contribution >= 4 is 5.97 Å². The van der Waals surface area contributed by atoms with Crippen LogP contribution in [0.2, 0.25) is 0 Å². The summed E-state index contributed by atoms with van der Waals surface area (Å²) in [5, 5.41) is 0. The maximum atomic E-state index is 11.3. The van der Waals surface area contributed by atoms with Crippen LogP contribution in [-0.4, -0.2) is 28.7 Å². The maximum absolute atomic E-state index is 11.3. The lowest BCUT2D eigenvalue weighted by molar-refractivity contribution is -0.143. The Kier molecular flexibility index (Phi) is 7.66. The molecule has 0 aliphatic heterocycles. The highest BCUT2D eigenvalue weighted by molar-refractivity contribution is 5.69. The van der Waals surface area contributed by atoms with Crippen LogP contribution in [0.3, 0.4) is 0 Å². The smallest absolute Gasteiger partial charge is 0.305 e. The number of allylic oxidation sites excluding steroid dienone is 2. The number of imidazole rings is 1. The maximum Gasteiger partial charge on any atom is 0.305 e. The molecule has 0 bridgehead atoms. The van der Waals surface area contributed by atoms with Crippen molar-refractivity contribution < 1.29 is 14.4 Å². The van der Waals surface area contributed by atoms with Crippen LogP contribution >= 0.6 is 0 Å². The molecule has 0 radical (unpaired) electrons. The number of nitrogens with one attached hydrogen (secondary N) is 1. The second kappa shape index (κ2) is 10.0. The normalized spacial score (nSPS) is 14.6. The first-order chi connectivity index (χ1) is 11.3. The summed E-state index contributed by atoms with van der Waals surface area (Å²) in [7, 11) is 0. The number of hydroxylamine groups is 1. The van der Waals surface area contributed by atoms with Crippen molar-refractivity contribution in [1.82, 2.24) is 15.0 Å². The third kappa shape index (κ3) is 6.44. The second-order valence-electron chi connectivity index (χ2n) is 5.74. The molecule has 128 valence electrons. The summed E-state index contributed by atoms with van der Waals surface area (Å²) in [5.41, 5.74) is 5.68. The molecule has 1 heterocycles. The molecule has 1 fully saturated rings. The van der Waals surface area contributed by atoms with Gasteiger partial charge >= 0.3 is 5.97 Å². The van der Waals surface area contributed by atoms with E-state index in [1.54, 1.807) is 6.20 Å². The lowest BCUT2D eigenvalue weighted by atomic mass is 9.93. The highest BCUT2D eigenvalue weighted by Crippen LogP contribution is 2.25. The molecular weight excluding hydrogens is 294 g/mol. The number of carbonyl (C=O) groups excluding carboxylic acids is 1. The lowest BCUT2D eigenvalue weighted by Gasteiger charge is -2.20. The van der Waals surface area contributed by atoms with Gasteiger partial charge in [-0.05, 0) is 44.6 Å². The Bertz CT molecular complexity index is 489. The third-order valence-electron chi connectivity index (χ3n) is 3.91. The first-order valence-corrected chi connectivity index (χ1v) is 8.49. The topological polar surface area (TPSA) is 65.4 Å². The molecule has 6 heteroatoms. The summed E-state index contributed by atoms with van der Waals surface area (Å²) in [6.45, 7) is 3.47. The zero-order chi connectivity index (χ0) is 16.3. The third-order valence-corrected chi connectivity index (χ3v) is 3.91. The molecule has 1 aliphatic carbocycles. The second-order valence-corrected chi connectivity index (χ2v) is 5.74. The molecule has 0 atom stereocenters. The van der Waals surface area contributed by atoms with E-state index in [0.29, 0.717) is 26.1 Å². The van der Waals surface area contributed by atoms with E-state index in [1.165, 1.54) is 24.8 Å². The van der Waals surface area contributed by atoms with Crippen molar-refractivity contribution in [2.24, 2.45) is 0 Å². The van der Waals surface area contributed by atoms with E-state index in [1.807, 2.05) is 24.0 Å². The van der Waals surface area contributed by atoms with Crippen LogP contribution in [0.25, 0.3) is 0 Å². The lowest BCUT2D eigenvalue weighted by Crippen LogP contribution is -2.22. The van der Waals surface area contributed by atoms with Gasteiger partial charge in [-0.2, -0.15) is 0 Å². The molecule has 1 saturated carbocycles. The van der Waals surface area contributed by atoms with Crippen LogP contribution in [0.5, 0.6) is 0 Å². The van der Waals surface area contributed by atoms with Gasteiger partial charge < -0.3 is 9.30 Å². The van der Waals surface area contributed by atoms with Crippen LogP contribution in [0.4, 0.5) is 0 Å². The van der Waals surface area contributed by atoms with Crippen LogP contribution < -0.4 is 5.48 Å². The van der Waals surface area contributed by atoms with E-state index in [2.05, 4.69) is 10.5 Å². The van der Waals surface area contributed by atoms with E-state index in [9.17, 15) is 4.79 Å². The average Bonchev–Trinajstić information content (AvgIpc) is 3.07. The van der Waals surface area contributed by atoms with Gasteiger partial charge in [0, 0.05) is 18.8 Å². The number of carbonyl (C=O) groups is 1. The van der Waals surface area contributed by atoms with Crippen molar-refractivity contribution in [1.29, 1.82) is 0 Å². The highest BCUT2D eigenvalue weighted by Gasteiger charge is 2.12. The van der Waals surface area contributed by atoms with E-state index in [-0.39, 0.29) is 5.97 Å². The predicted octanol–water partition coefficient (Wildman–Crippen LogP) is 2.97. The fourth-order valence-corrected chi connectivity index (χ4v) is 2.72. The van der Waals surface area contributed by atoms with E-state index in [4.69, 9.17) is 9.57 Å². The molecule has 1 aromatic heterocycles. The van der Waals surface area contributed by atoms with Gasteiger partial charge in [0.05, 0.1) is 31.8 Å². The Morgan fingerprint density at radius 3 is 2.87 bits per heavy atom. The van der Waals surface area contributed by atoms with Gasteiger partial charge in [-0.1, -0.05) is 6.42 Å². The van der Waals surface area contributed by atoms with Gasteiger partial charge in [0.2, 0.25) is 0 Å². The largest absolute Gasteiger partial charge is 0.466 e. The first-order valence-electron chi connectivity index (χ1n) is 8.49. The van der Waals surface area contributed by atoms with Crippen molar-refractivity contribution in [2.75, 3.05) is 13.2 Å². The van der Waals surface area contributed by atoms with Crippen LogP contribution in [0.1, 0.15) is 51.9 Å². The first kappa shape index (κ1) is 17.5. The molecule has 6 nitrogen and oxygen atoms in total. The Morgan fingerprint density at radius 1 is 1.35 bits per heavy atom. The molecule has 1 aliphatic rings. The fraction of sp³-hybridized carbons (Fsp3) is 0.647. The van der Waals surface area contributed by atoms with Gasteiger partial charge in [-0.15, -0.1) is 0 Å². The summed E-state index contributed by atoms with van der Waals surface area (Å²) < 4.78 is 6.93. The van der Waals surface area contributed by atoms with Gasteiger partial charge in [0.25, 0.3) is 0 Å². The molecule has 0 spiro atoms. The minimum atomic E-state index is -0.166. The van der Waals surface area contributed by atoms with Crippen LogP contribution in [0.15, 0.2) is 30.0 Å².